The molecule has 0 spiro atoms. The van der Waals surface area contributed by atoms with Crippen molar-refractivity contribution in [3.63, 3.8) is 0 Å². The summed E-state index contributed by atoms with van der Waals surface area (Å²) < 4.78 is 9.72. The second-order valence-electron chi connectivity index (χ2n) is 3.81. The van der Waals surface area contributed by atoms with Gasteiger partial charge >= 0.3 is 11.9 Å². The van der Waals surface area contributed by atoms with Crippen LogP contribution in [0, 0.1) is 0 Å². The van der Waals surface area contributed by atoms with Crippen LogP contribution in [0.15, 0.2) is 47.6 Å². The number of hydrogen-bond acceptors (Lipinski definition) is 5. The van der Waals surface area contributed by atoms with Crippen LogP contribution >= 0.6 is 0 Å². The van der Waals surface area contributed by atoms with E-state index in [0.29, 0.717) is 5.56 Å². The van der Waals surface area contributed by atoms with Gasteiger partial charge in [-0.2, -0.15) is 0 Å². The molecule has 0 N–H and O–H groups in total. The van der Waals surface area contributed by atoms with Crippen molar-refractivity contribution in [1.82, 2.24) is 0 Å². The molecule has 0 bridgehead atoms. The van der Waals surface area contributed by atoms with Crippen molar-refractivity contribution in [2.24, 2.45) is 5.11 Å². The van der Waals surface area contributed by atoms with Gasteiger partial charge in [0.15, 0.2) is 0 Å². The van der Waals surface area contributed by atoms with Gasteiger partial charge in [-0.1, -0.05) is 24.8 Å². The van der Waals surface area contributed by atoms with Gasteiger partial charge in [0, 0.05) is 10.5 Å². The van der Waals surface area contributed by atoms with E-state index in [0.717, 1.165) is 0 Å². The Morgan fingerprint density at radius 3 is 2.60 bits per heavy atom. The molecule has 0 fully saturated rings. The van der Waals surface area contributed by atoms with Crippen LogP contribution in [-0.2, 0) is 14.3 Å². The van der Waals surface area contributed by atoms with Gasteiger partial charge in [0.05, 0.1) is 5.56 Å². The Morgan fingerprint density at radius 2 is 2.05 bits per heavy atom. The number of benzene rings is 1. The lowest BCUT2D eigenvalue weighted by atomic mass is 10.2. The van der Waals surface area contributed by atoms with Crippen molar-refractivity contribution in [1.29, 1.82) is 0 Å². The summed E-state index contributed by atoms with van der Waals surface area (Å²) in [6, 6.07) is 8.18. The lowest BCUT2D eigenvalue weighted by Crippen LogP contribution is -2.23. The monoisotopic (exact) mass is 275 g/mol. The van der Waals surface area contributed by atoms with Crippen molar-refractivity contribution in [2.45, 2.75) is 13.2 Å². The number of esters is 2. The van der Waals surface area contributed by atoms with E-state index in [1.165, 1.54) is 6.92 Å². The predicted molar refractivity (Wildman–Crippen MR) is 70.6 cm³/mol. The van der Waals surface area contributed by atoms with Crippen LogP contribution in [0.1, 0.15) is 17.3 Å². The minimum absolute atomic E-state index is 0.194. The summed E-state index contributed by atoms with van der Waals surface area (Å²) >= 11 is 0. The van der Waals surface area contributed by atoms with Crippen LogP contribution in [0.4, 0.5) is 0 Å². The van der Waals surface area contributed by atoms with Crippen molar-refractivity contribution in [2.75, 3.05) is 6.61 Å². The molecule has 0 radical (unpaired) electrons. The first kappa shape index (κ1) is 15.3. The SMILES string of the molecule is C=C(C)C(=O)OCC(N=[N+]=[N-])OC(=O)c1ccccc1. The van der Waals surface area contributed by atoms with Crippen LogP contribution in [-0.4, -0.2) is 24.8 Å². The molecule has 1 aromatic carbocycles. The molecule has 0 saturated carbocycles. The molecule has 7 nitrogen and oxygen atoms in total. The maximum atomic E-state index is 11.7. The van der Waals surface area contributed by atoms with Gasteiger partial charge < -0.3 is 9.47 Å². The molecule has 0 aliphatic heterocycles. The van der Waals surface area contributed by atoms with Crippen LogP contribution in [0.25, 0.3) is 10.4 Å². The van der Waals surface area contributed by atoms with Crippen molar-refractivity contribution >= 4 is 11.9 Å². The number of hydrogen-bond donors (Lipinski definition) is 0. The molecule has 7 heteroatoms. The minimum Gasteiger partial charge on any atom is -0.458 e. The molecule has 0 heterocycles. The molecule has 20 heavy (non-hydrogen) atoms. The Hall–Kier alpha value is -2.79. The van der Waals surface area contributed by atoms with Gasteiger partial charge in [-0.3, -0.25) is 0 Å². The molecule has 0 aliphatic rings. The molecule has 1 aromatic rings. The molecule has 0 aliphatic carbocycles. The molecule has 0 amide bonds. The van der Waals surface area contributed by atoms with Crippen LogP contribution in [0.2, 0.25) is 0 Å². The number of azide groups is 1. The number of ether oxygens (including phenoxy) is 2. The van der Waals surface area contributed by atoms with Gasteiger partial charge in [0.1, 0.15) is 6.61 Å². The maximum Gasteiger partial charge on any atom is 0.338 e. The fourth-order valence-corrected chi connectivity index (χ4v) is 1.18. The van der Waals surface area contributed by atoms with Crippen LogP contribution in [0.3, 0.4) is 0 Å². The first-order valence-electron chi connectivity index (χ1n) is 5.67. The van der Waals surface area contributed by atoms with Crippen molar-refractivity contribution in [3.8, 4) is 0 Å². The van der Waals surface area contributed by atoms with E-state index < -0.39 is 18.2 Å². The summed E-state index contributed by atoms with van der Waals surface area (Å²) in [6.07, 6.45) is -1.23. The van der Waals surface area contributed by atoms with Gasteiger partial charge in [-0.05, 0) is 29.7 Å². The molecule has 104 valence electrons. The zero-order valence-corrected chi connectivity index (χ0v) is 10.9. The standard InChI is InChI=1S/C13H13N3O4/c1-9(2)12(17)19-8-11(15-16-14)20-13(18)10-6-4-3-5-7-10/h3-7,11H,1,8H2,2H3. The van der Waals surface area contributed by atoms with Crippen LogP contribution < -0.4 is 0 Å². The summed E-state index contributed by atoms with van der Waals surface area (Å²) in [4.78, 5) is 25.5. The van der Waals surface area contributed by atoms with Gasteiger partial charge in [0.25, 0.3) is 0 Å². The topological polar surface area (TPSA) is 101 Å². The number of rotatable bonds is 6. The normalized spacial score (nSPS) is 10.8. The Kier molecular flexibility index (Phi) is 5.80. The smallest absolute Gasteiger partial charge is 0.338 e. The molecular weight excluding hydrogens is 262 g/mol. The molecular formula is C13H13N3O4. The zero-order chi connectivity index (χ0) is 15.0. The quantitative estimate of drug-likeness (QED) is 0.262. The summed E-state index contributed by atoms with van der Waals surface area (Å²) in [6.45, 7) is 4.51. The Balaban J connectivity index is 2.63. The fraction of sp³-hybridized carbons (Fsp3) is 0.231. The van der Waals surface area contributed by atoms with E-state index in [4.69, 9.17) is 15.0 Å². The zero-order valence-electron chi connectivity index (χ0n) is 10.9. The predicted octanol–water partition coefficient (Wildman–Crippen LogP) is 2.60. The Labute approximate surface area is 115 Å². The Bertz CT molecular complexity index is 550. The second-order valence-corrected chi connectivity index (χ2v) is 3.81. The molecule has 0 aromatic heterocycles. The molecule has 0 saturated heterocycles. The summed E-state index contributed by atoms with van der Waals surface area (Å²) in [5, 5.41) is 3.25. The summed E-state index contributed by atoms with van der Waals surface area (Å²) in [5.74, 6) is -1.33. The van der Waals surface area contributed by atoms with E-state index in [9.17, 15) is 9.59 Å². The van der Waals surface area contributed by atoms with E-state index in [1.807, 2.05) is 0 Å². The first-order valence-corrected chi connectivity index (χ1v) is 5.67. The molecule has 1 atom stereocenters. The number of carbonyl (C=O) groups is 2. The van der Waals surface area contributed by atoms with Gasteiger partial charge in [-0.25, -0.2) is 9.59 Å². The van der Waals surface area contributed by atoms with E-state index in [1.54, 1.807) is 30.3 Å². The Morgan fingerprint density at radius 1 is 1.40 bits per heavy atom. The third-order valence-corrected chi connectivity index (χ3v) is 2.14. The molecule has 1 rings (SSSR count). The lowest BCUT2D eigenvalue weighted by molar-refractivity contribution is -0.141. The summed E-state index contributed by atoms with van der Waals surface area (Å²) in [7, 11) is 0. The summed E-state index contributed by atoms with van der Waals surface area (Å²) in [5.41, 5.74) is 8.90. The van der Waals surface area contributed by atoms with Gasteiger partial charge in [-0.15, -0.1) is 0 Å². The highest BCUT2D eigenvalue weighted by molar-refractivity contribution is 5.89. The first-order chi connectivity index (χ1) is 9.54. The third kappa shape index (κ3) is 4.83. The fourth-order valence-electron chi connectivity index (χ4n) is 1.18. The van der Waals surface area contributed by atoms with E-state index in [2.05, 4.69) is 16.6 Å². The van der Waals surface area contributed by atoms with Crippen LogP contribution in [0.5, 0.6) is 0 Å². The van der Waals surface area contributed by atoms with Gasteiger partial charge in [0.2, 0.25) is 6.23 Å². The second kappa shape index (κ2) is 7.60. The number of nitrogens with zero attached hydrogens (tertiary/aromatic N) is 3. The highest BCUT2D eigenvalue weighted by atomic mass is 16.6. The van der Waals surface area contributed by atoms with E-state index in [-0.39, 0.29) is 12.2 Å². The molecule has 1 unspecified atom stereocenters. The van der Waals surface area contributed by atoms with E-state index >= 15 is 0 Å². The average molecular weight is 275 g/mol. The van der Waals surface area contributed by atoms with Crippen molar-refractivity contribution in [3.05, 3.63) is 58.5 Å². The van der Waals surface area contributed by atoms with Crippen molar-refractivity contribution < 1.29 is 19.1 Å². The minimum atomic E-state index is -1.23. The highest BCUT2D eigenvalue weighted by Crippen LogP contribution is 2.06. The lowest BCUT2D eigenvalue weighted by Gasteiger charge is -2.13. The maximum absolute atomic E-state index is 11.7. The average Bonchev–Trinajstić information content (AvgIpc) is 2.45. The third-order valence-electron chi connectivity index (χ3n) is 2.14. The number of carbonyl (C=O) groups excluding carboxylic acids is 2. The highest BCUT2D eigenvalue weighted by Gasteiger charge is 2.16. The largest absolute Gasteiger partial charge is 0.458 e.